The lowest BCUT2D eigenvalue weighted by atomic mass is 10.1. The molecule has 0 aliphatic carbocycles. The molecular formula is C16H14F2N2O. The first-order valence-corrected chi connectivity index (χ1v) is 6.46. The van der Waals surface area contributed by atoms with Gasteiger partial charge in [0, 0.05) is 12.0 Å². The molecule has 0 aromatic heterocycles. The summed E-state index contributed by atoms with van der Waals surface area (Å²) in [7, 11) is 0. The Kier molecular flexibility index (Phi) is 5.15. The van der Waals surface area contributed by atoms with Crippen molar-refractivity contribution in [1.29, 1.82) is 0 Å². The van der Waals surface area contributed by atoms with Crippen molar-refractivity contribution >= 4 is 12.1 Å². The zero-order valence-corrected chi connectivity index (χ0v) is 11.2. The number of benzene rings is 2. The van der Waals surface area contributed by atoms with Gasteiger partial charge in [-0.1, -0.05) is 42.5 Å². The summed E-state index contributed by atoms with van der Waals surface area (Å²) in [5, 5.41) is 3.62. The van der Waals surface area contributed by atoms with Gasteiger partial charge in [0.15, 0.2) is 11.6 Å². The molecule has 2 aromatic rings. The van der Waals surface area contributed by atoms with Gasteiger partial charge in [-0.05, 0) is 18.1 Å². The van der Waals surface area contributed by atoms with E-state index in [4.69, 9.17) is 0 Å². The molecule has 0 aliphatic rings. The van der Waals surface area contributed by atoms with E-state index in [0.29, 0.717) is 6.42 Å². The predicted molar refractivity (Wildman–Crippen MR) is 76.9 cm³/mol. The molecule has 0 unspecified atom stereocenters. The minimum absolute atomic E-state index is 0.0154. The number of rotatable bonds is 5. The van der Waals surface area contributed by atoms with Gasteiger partial charge in [-0.25, -0.2) is 14.2 Å². The van der Waals surface area contributed by atoms with Crippen LogP contribution < -0.4 is 5.43 Å². The van der Waals surface area contributed by atoms with Crippen LogP contribution in [0.4, 0.5) is 8.78 Å². The summed E-state index contributed by atoms with van der Waals surface area (Å²) in [5.74, 6) is -2.22. The van der Waals surface area contributed by atoms with Crippen molar-refractivity contribution in [1.82, 2.24) is 5.43 Å². The van der Waals surface area contributed by atoms with Crippen molar-refractivity contribution < 1.29 is 13.6 Å². The molecule has 108 valence electrons. The summed E-state index contributed by atoms with van der Waals surface area (Å²) in [6.07, 6.45) is 1.95. The summed E-state index contributed by atoms with van der Waals surface area (Å²) >= 11 is 0. The van der Waals surface area contributed by atoms with E-state index in [0.717, 1.165) is 17.8 Å². The van der Waals surface area contributed by atoms with Crippen molar-refractivity contribution in [2.24, 2.45) is 5.10 Å². The lowest BCUT2D eigenvalue weighted by molar-refractivity contribution is -0.121. The monoisotopic (exact) mass is 288 g/mol. The highest BCUT2D eigenvalue weighted by atomic mass is 19.2. The molecule has 0 spiro atoms. The van der Waals surface area contributed by atoms with Crippen LogP contribution in [-0.2, 0) is 11.2 Å². The molecule has 2 aromatic carbocycles. The van der Waals surface area contributed by atoms with Gasteiger partial charge in [0.1, 0.15) is 0 Å². The number of hydrogen-bond acceptors (Lipinski definition) is 2. The third-order valence-corrected chi connectivity index (χ3v) is 2.86. The Morgan fingerprint density at radius 1 is 1.10 bits per heavy atom. The van der Waals surface area contributed by atoms with E-state index in [2.05, 4.69) is 10.5 Å². The molecule has 0 saturated carbocycles. The number of aryl methyl sites for hydroxylation is 1. The molecule has 0 saturated heterocycles. The average Bonchev–Trinajstić information content (AvgIpc) is 2.50. The topological polar surface area (TPSA) is 41.5 Å². The normalized spacial score (nSPS) is 10.8. The van der Waals surface area contributed by atoms with Gasteiger partial charge >= 0.3 is 0 Å². The van der Waals surface area contributed by atoms with E-state index in [1.54, 1.807) is 0 Å². The molecule has 0 heterocycles. The maximum Gasteiger partial charge on any atom is 0.240 e. The maximum absolute atomic E-state index is 13.3. The average molecular weight is 288 g/mol. The molecular weight excluding hydrogens is 274 g/mol. The Hall–Kier alpha value is -2.56. The van der Waals surface area contributed by atoms with Crippen LogP contribution in [-0.4, -0.2) is 12.1 Å². The molecule has 0 aliphatic heterocycles. The summed E-state index contributed by atoms with van der Waals surface area (Å²) in [6, 6.07) is 13.3. The molecule has 2 rings (SSSR count). The lowest BCUT2D eigenvalue weighted by Gasteiger charge is -2.01. The number of nitrogens with one attached hydrogen (secondary N) is 1. The van der Waals surface area contributed by atoms with Crippen molar-refractivity contribution in [2.75, 3.05) is 0 Å². The van der Waals surface area contributed by atoms with Crippen molar-refractivity contribution in [3.05, 3.63) is 71.3 Å². The Balaban J connectivity index is 1.83. The van der Waals surface area contributed by atoms with E-state index in [9.17, 15) is 13.6 Å². The zero-order valence-electron chi connectivity index (χ0n) is 11.2. The molecule has 0 bridgehead atoms. The first kappa shape index (κ1) is 14.8. The van der Waals surface area contributed by atoms with Gasteiger partial charge in [-0.15, -0.1) is 0 Å². The molecule has 1 amide bonds. The van der Waals surface area contributed by atoms with Crippen molar-refractivity contribution in [2.45, 2.75) is 12.8 Å². The summed E-state index contributed by atoms with van der Waals surface area (Å²) in [4.78, 5) is 11.6. The SMILES string of the molecule is O=C(CCc1ccccc1)N/N=C\c1cccc(F)c1F. The molecule has 0 fully saturated rings. The van der Waals surface area contributed by atoms with E-state index < -0.39 is 11.6 Å². The minimum Gasteiger partial charge on any atom is -0.273 e. The smallest absolute Gasteiger partial charge is 0.240 e. The van der Waals surface area contributed by atoms with Crippen molar-refractivity contribution in [3.63, 3.8) is 0 Å². The predicted octanol–water partition coefficient (Wildman–Crippen LogP) is 3.05. The number of amides is 1. The lowest BCUT2D eigenvalue weighted by Crippen LogP contribution is -2.18. The maximum atomic E-state index is 13.3. The second-order valence-electron chi connectivity index (χ2n) is 4.42. The third-order valence-electron chi connectivity index (χ3n) is 2.86. The number of halogens is 2. The Labute approximate surface area is 121 Å². The second kappa shape index (κ2) is 7.28. The van der Waals surface area contributed by atoms with Crippen molar-refractivity contribution in [3.8, 4) is 0 Å². The third kappa shape index (κ3) is 4.49. The fourth-order valence-electron chi connectivity index (χ4n) is 1.75. The van der Waals surface area contributed by atoms with Crippen LogP contribution in [0, 0.1) is 11.6 Å². The van der Waals surface area contributed by atoms with Crippen LogP contribution in [0.5, 0.6) is 0 Å². The number of carbonyl (C=O) groups excluding carboxylic acids is 1. The van der Waals surface area contributed by atoms with Gasteiger partial charge in [0.2, 0.25) is 5.91 Å². The molecule has 0 atom stereocenters. The van der Waals surface area contributed by atoms with E-state index in [-0.39, 0.29) is 17.9 Å². The second-order valence-corrected chi connectivity index (χ2v) is 4.42. The number of nitrogens with zero attached hydrogens (tertiary/aromatic N) is 1. The Morgan fingerprint density at radius 3 is 2.62 bits per heavy atom. The largest absolute Gasteiger partial charge is 0.273 e. The first-order valence-electron chi connectivity index (χ1n) is 6.46. The number of hydrazone groups is 1. The number of hydrogen-bond donors (Lipinski definition) is 1. The van der Waals surface area contributed by atoms with Crippen LogP contribution >= 0.6 is 0 Å². The molecule has 3 nitrogen and oxygen atoms in total. The van der Waals surface area contributed by atoms with Gasteiger partial charge in [0.05, 0.1) is 6.21 Å². The van der Waals surface area contributed by atoms with Crippen LogP contribution in [0.1, 0.15) is 17.5 Å². The Morgan fingerprint density at radius 2 is 1.86 bits per heavy atom. The zero-order chi connectivity index (χ0) is 15.1. The standard InChI is InChI=1S/C16H14F2N2O/c17-14-8-4-7-13(16(14)18)11-19-20-15(21)10-9-12-5-2-1-3-6-12/h1-8,11H,9-10H2,(H,20,21)/b19-11-. The highest BCUT2D eigenvalue weighted by Gasteiger charge is 2.05. The summed E-state index contributed by atoms with van der Waals surface area (Å²) in [5.41, 5.74) is 3.32. The fourth-order valence-corrected chi connectivity index (χ4v) is 1.75. The highest BCUT2D eigenvalue weighted by molar-refractivity contribution is 5.82. The molecule has 21 heavy (non-hydrogen) atoms. The van der Waals surface area contributed by atoms with Crippen LogP contribution in [0.3, 0.4) is 0 Å². The first-order chi connectivity index (χ1) is 10.2. The van der Waals surface area contributed by atoms with Crippen LogP contribution in [0.15, 0.2) is 53.6 Å². The van der Waals surface area contributed by atoms with E-state index in [1.165, 1.54) is 12.1 Å². The van der Waals surface area contributed by atoms with Gasteiger partial charge in [-0.3, -0.25) is 4.79 Å². The summed E-state index contributed by atoms with van der Waals surface area (Å²) < 4.78 is 26.3. The summed E-state index contributed by atoms with van der Waals surface area (Å²) in [6.45, 7) is 0. The van der Waals surface area contributed by atoms with E-state index in [1.807, 2.05) is 30.3 Å². The minimum atomic E-state index is -0.986. The molecule has 1 N–H and O–H groups in total. The molecule has 0 radical (unpaired) electrons. The highest BCUT2D eigenvalue weighted by Crippen LogP contribution is 2.08. The Bertz CT molecular complexity index is 642. The number of carbonyl (C=O) groups is 1. The fraction of sp³-hybridized carbons (Fsp3) is 0.125. The van der Waals surface area contributed by atoms with Gasteiger partial charge in [-0.2, -0.15) is 5.10 Å². The molecule has 5 heteroatoms. The van der Waals surface area contributed by atoms with E-state index >= 15 is 0 Å². The van der Waals surface area contributed by atoms with Crippen LogP contribution in [0.2, 0.25) is 0 Å². The van der Waals surface area contributed by atoms with Gasteiger partial charge in [0.25, 0.3) is 0 Å². The van der Waals surface area contributed by atoms with Gasteiger partial charge < -0.3 is 0 Å². The quantitative estimate of drug-likeness (QED) is 0.667. The van der Waals surface area contributed by atoms with Crippen LogP contribution in [0.25, 0.3) is 0 Å².